The van der Waals surface area contributed by atoms with Crippen molar-refractivity contribution in [1.82, 2.24) is 10.2 Å². The summed E-state index contributed by atoms with van der Waals surface area (Å²) < 4.78 is 0. The van der Waals surface area contributed by atoms with E-state index < -0.39 is 0 Å². The van der Waals surface area contributed by atoms with Crippen LogP contribution in [0.3, 0.4) is 0 Å². The van der Waals surface area contributed by atoms with E-state index in [4.69, 9.17) is 0 Å². The number of rotatable bonds is 4. The van der Waals surface area contributed by atoms with Crippen molar-refractivity contribution in [3.8, 4) is 0 Å². The van der Waals surface area contributed by atoms with Crippen LogP contribution in [0.15, 0.2) is 0 Å². The Balaban J connectivity index is 0. The minimum atomic E-state index is 0. The van der Waals surface area contributed by atoms with Crippen LogP contribution in [-0.2, 0) is 0 Å². The number of halogens is 3. The quantitative estimate of drug-likeness (QED) is 0.592. The van der Waals surface area contributed by atoms with Gasteiger partial charge in [0.25, 0.3) is 0 Å². The second-order valence-corrected chi connectivity index (χ2v) is 3.78. The summed E-state index contributed by atoms with van der Waals surface area (Å²) >= 11 is 3.44. The van der Waals surface area contributed by atoms with E-state index in [1.165, 1.54) is 45.6 Å². The van der Waals surface area contributed by atoms with E-state index in [2.05, 4.69) is 26.1 Å². The first-order valence-corrected chi connectivity index (χ1v) is 5.54. The number of nitrogens with one attached hydrogen (secondary N) is 1. The van der Waals surface area contributed by atoms with Crippen LogP contribution in [0.2, 0.25) is 0 Å². The summed E-state index contributed by atoms with van der Waals surface area (Å²) in [6.07, 6.45) is 2.65. The molecule has 1 rings (SSSR count). The van der Waals surface area contributed by atoms with Gasteiger partial charge in [-0.3, -0.25) is 0 Å². The van der Waals surface area contributed by atoms with Crippen molar-refractivity contribution in [3.05, 3.63) is 0 Å². The Kier molecular flexibility index (Phi) is 14.8. The van der Waals surface area contributed by atoms with Crippen molar-refractivity contribution in [2.45, 2.75) is 12.8 Å². The molecule has 0 unspecified atom stereocenters. The normalized spacial score (nSPS) is 17.3. The Labute approximate surface area is 110 Å². The third-order valence-corrected chi connectivity index (χ3v) is 2.63. The summed E-state index contributed by atoms with van der Waals surface area (Å²) in [6, 6.07) is 0. The van der Waals surface area contributed by atoms with Crippen LogP contribution in [0.4, 0.5) is 0 Å². The van der Waals surface area contributed by atoms with Crippen LogP contribution < -0.4 is 5.32 Å². The molecule has 82 valence electrons. The van der Waals surface area contributed by atoms with Crippen molar-refractivity contribution < 1.29 is 0 Å². The van der Waals surface area contributed by atoms with Gasteiger partial charge in [-0.2, -0.15) is 0 Å². The highest BCUT2D eigenvalue weighted by Gasteiger charge is 2.07. The first-order valence-electron chi connectivity index (χ1n) is 4.42. The molecule has 13 heavy (non-hydrogen) atoms. The van der Waals surface area contributed by atoms with Gasteiger partial charge in [0, 0.05) is 31.5 Å². The molecule has 1 fully saturated rings. The second-order valence-electron chi connectivity index (χ2n) is 2.99. The van der Waals surface area contributed by atoms with Gasteiger partial charge >= 0.3 is 0 Å². The first-order chi connectivity index (χ1) is 5.43. The maximum atomic E-state index is 3.44. The minimum Gasteiger partial charge on any atom is -0.314 e. The van der Waals surface area contributed by atoms with E-state index in [-0.39, 0.29) is 34.0 Å². The van der Waals surface area contributed by atoms with Crippen LogP contribution in [0, 0.1) is 0 Å². The van der Waals surface area contributed by atoms with E-state index >= 15 is 0 Å². The molecule has 0 aromatic rings. The molecule has 0 aromatic heterocycles. The Morgan fingerprint density at radius 1 is 1.08 bits per heavy atom. The molecule has 1 saturated heterocycles. The third-order valence-electron chi connectivity index (χ3n) is 2.07. The van der Waals surface area contributed by atoms with E-state index in [0.717, 1.165) is 5.33 Å². The number of piperazine rings is 1. The highest BCUT2D eigenvalue weighted by molar-refractivity contribution is 9.09. The molecule has 2 nitrogen and oxygen atoms in total. The standard InChI is InChI=1S/C8H17BrN2.2BrH/c9-3-1-2-6-11-7-4-10-5-8-11;;/h10H,1-8H2;2*1H. The Morgan fingerprint density at radius 3 is 2.23 bits per heavy atom. The summed E-state index contributed by atoms with van der Waals surface area (Å²) in [4.78, 5) is 2.54. The molecule has 1 heterocycles. The minimum absolute atomic E-state index is 0. The molecule has 0 bridgehead atoms. The van der Waals surface area contributed by atoms with E-state index in [9.17, 15) is 0 Å². The fourth-order valence-corrected chi connectivity index (χ4v) is 1.76. The highest BCUT2D eigenvalue weighted by Crippen LogP contribution is 1.98. The lowest BCUT2D eigenvalue weighted by atomic mass is 10.3. The molecule has 0 amide bonds. The van der Waals surface area contributed by atoms with Gasteiger partial charge in [0.15, 0.2) is 0 Å². The molecule has 1 aliphatic heterocycles. The predicted octanol–water partition coefficient (Wildman–Crippen LogP) is 2.22. The Morgan fingerprint density at radius 2 is 1.69 bits per heavy atom. The smallest absolute Gasteiger partial charge is 0.0107 e. The zero-order valence-corrected chi connectivity index (χ0v) is 12.8. The van der Waals surface area contributed by atoms with Gasteiger partial charge in [0.1, 0.15) is 0 Å². The largest absolute Gasteiger partial charge is 0.314 e. The highest BCUT2D eigenvalue weighted by atomic mass is 79.9. The second kappa shape index (κ2) is 11.4. The summed E-state index contributed by atoms with van der Waals surface area (Å²) in [6.45, 7) is 6.11. The van der Waals surface area contributed by atoms with Crippen molar-refractivity contribution in [1.29, 1.82) is 0 Å². The lowest BCUT2D eigenvalue weighted by molar-refractivity contribution is 0.238. The fraction of sp³-hybridized carbons (Fsp3) is 1.00. The van der Waals surface area contributed by atoms with Crippen molar-refractivity contribution in [2.75, 3.05) is 38.1 Å². The van der Waals surface area contributed by atoms with Crippen LogP contribution in [0.25, 0.3) is 0 Å². The average molecular weight is 383 g/mol. The molecule has 0 aliphatic carbocycles. The first kappa shape index (κ1) is 16.8. The molecular weight excluding hydrogens is 364 g/mol. The van der Waals surface area contributed by atoms with Crippen molar-refractivity contribution in [3.63, 3.8) is 0 Å². The zero-order valence-electron chi connectivity index (χ0n) is 7.80. The van der Waals surface area contributed by atoms with Gasteiger partial charge in [-0.1, -0.05) is 15.9 Å². The molecule has 1 aliphatic rings. The summed E-state index contributed by atoms with van der Waals surface area (Å²) in [5.74, 6) is 0. The lowest BCUT2D eigenvalue weighted by Crippen LogP contribution is -2.43. The Hall–Kier alpha value is 1.36. The van der Waals surface area contributed by atoms with Crippen LogP contribution in [0.1, 0.15) is 12.8 Å². The molecule has 0 aromatic carbocycles. The maximum absolute atomic E-state index is 3.44. The molecule has 0 saturated carbocycles. The number of nitrogens with zero attached hydrogens (tertiary/aromatic N) is 1. The topological polar surface area (TPSA) is 15.3 Å². The number of hydrogen-bond acceptors (Lipinski definition) is 2. The third kappa shape index (κ3) is 8.36. The molecule has 0 atom stereocenters. The Bertz CT molecular complexity index is 97.4. The van der Waals surface area contributed by atoms with Crippen LogP contribution in [-0.4, -0.2) is 43.0 Å². The molecular formula is C8H19Br3N2. The van der Waals surface area contributed by atoms with Gasteiger partial charge in [0.2, 0.25) is 0 Å². The SMILES string of the molecule is Br.Br.BrCCCCN1CCNCC1. The number of unbranched alkanes of at least 4 members (excludes halogenated alkanes) is 1. The fourth-order valence-electron chi connectivity index (χ4n) is 1.36. The van der Waals surface area contributed by atoms with E-state index in [1.807, 2.05) is 0 Å². The summed E-state index contributed by atoms with van der Waals surface area (Å²) in [5.41, 5.74) is 0. The predicted molar refractivity (Wildman–Crippen MR) is 73.0 cm³/mol. The summed E-state index contributed by atoms with van der Waals surface area (Å²) in [7, 11) is 0. The van der Waals surface area contributed by atoms with Gasteiger partial charge in [-0.05, 0) is 19.4 Å². The molecule has 0 radical (unpaired) electrons. The van der Waals surface area contributed by atoms with Crippen molar-refractivity contribution >= 4 is 49.9 Å². The monoisotopic (exact) mass is 380 g/mol. The zero-order chi connectivity index (χ0) is 7.94. The van der Waals surface area contributed by atoms with Gasteiger partial charge in [-0.15, -0.1) is 34.0 Å². The number of alkyl halides is 1. The molecule has 0 spiro atoms. The molecule has 1 N–H and O–H groups in total. The lowest BCUT2D eigenvalue weighted by Gasteiger charge is -2.26. The van der Waals surface area contributed by atoms with Gasteiger partial charge in [0.05, 0.1) is 0 Å². The van der Waals surface area contributed by atoms with E-state index in [0.29, 0.717) is 0 Å². The van der Waals surface area contributed by atoms with Crippen LogP contribution in [0.5, 0.6) is 0 Å². The maximum Gasteiger partial charge on any atom is 0.0107 e. The van der Waals surface area contributed by atoms with Gasteiger partial charge < -0.3 is 10.2 Å². The molecule has 5 heteroatoms. The average Bonchev–Trinajstić information content (AvgIpc) is 2.07. The summed E-state index contributed by atoms with van der Waals surface area (Å²) in [5, 5.41) is 4.51. The van der Waals surface area contributed by atoms with Gasteiger partial charge in [-0.25, -0.2) is 0 Å². The van der Waals surface area contributed by atoms with Crippen LogP contribution >= 0.6 is 49.9 Å². The van der Waals surface area contributed by atoms with Crippen molar-refractivity contribution in [2.24, 2.45) is 0 Å². The van der Waals surface area contributed by atoms with E-state index in [1.54, 1.807) is 0 Å². The number of hydrogen-bond donors (Lipinski definition) is 1.